The fraction of sp³-hybridized carbons (Fsp3) is 0.304. The molecular weight excluding hydrogens is 416 g/mol. The summed E-state index contributed by atoms with van der Waals surface area (Å²) < 4.78 is 29.1. The molecule has 0 fully saturated rings. The van der Waals surface area contributed by atoms with Crippen molar-refractivity contribution < 1.29 is 22.9 Å². The number of hydrogen-bond acceptors (Lipinski definition) is 6. The first-order valence-electron chi connectivity index (χ1n) is 9.92. The average Bonchev–Trinajstić information content (AvgIpc) is 3.37. The Morgan fingerprint density at radius 3 is 2.71 bits per heavy atom. The first-order valence-corrected chi connectivity index (χ1v) is 11.4. The Morgan fingerprint density at radius 1 is 1.16 bits per heavy atom. The highest BCUT2D eigenvalue weighted by Gasteiger charge is 2.26. The molecule has 2 heterocycles. The van der Waals surface area contributed by atoms with E-state index in [4.69, 9.17) is 13.9 Å². The van der Waals surface area contributed by atoms with Gasteiger partial charge in [0.25, 0.3) is 0 Å². The molecule has 1 aromatic heterocycles. The lowest BCUT2D eigenvalue weighted by atomic mass is 10.2. The molecule has 4 rings (SSSR count). The lowest BCUT2D eigenvalue weighted by Gasteiger charge is -2.16. The van der Waals surface area contributed by atoms with Crippen molar-refractivity contribution >= 4 is 22.4 Å². The summed E-state index contributed by atoms with van der Waals surface area (Å²) >= 11 is 0. The maximum Gasteiger partial charge on any atom is 0.239 e. The molecule has 0 N–H and O–H groups in total. The van der Waals surface area contributed by atoms with E-state index in [1.54, 1.807) is 38.2 Å². The Balaban J connectivity index is 1.45. The Bertz CT molecular complexity index is 1140. The molecule has 0 aliphatic carbocycles. The number of ether oxygens (including phenoxy) is 2. The molecule has 0 spiro atoms. The van der Waals surface area contributed by atoms with Gasteiger partial charge in [-0.15, -0.1) is 0 Å². The number of benzene rings is 2. The molecule has 1 aliphatic rings. The van der Waals surface area contributed by atoms with Crippen molar-refractivity contribution in [1.29, 1.82) is 0 Å². The predicted molar refractivity (Wildman–Crippen MR) is 119 cm³/mol. The highest BCUT2D eigenvalue weighted by atomic mass is 32.2. The van der Waals surface area contributed by atoms with E-state index in [1.807, 2.05) is 30.3 Å². The first kappa shape index (κ1) is 21.1. The zero-order chi connectivity index (χ0) is 22.0. The van der Waals surface area contributed by atoms with E-state index in [2.05, 4.69) is 4.98 Å². The topological polar surface area (TPSA) is 81.9 Å². The van der Waals surface area contributed by atoms with Gasteiger partial charge in [-0.3, -0.25) is 9.00 Å². The molecule has 0 unspecified atom stereocenters. The van der Waals surface area contributed by atoms with Gasteiger partial charge in [0.05, 0.1) is 25.7 Å². The van der Waals surface area contributed by atoms with E-state index in [0.29, 0.717) is 35.4 Å². The second-order valence-electron chi connectivity index (χ2n) is 7.24. The summed E-state index contributed by atoms with van der Waals surface area (Å²) in [6, 6.07) is 13.2. The lowest BCUT2D eigenvalue weighted by Crippen LogP contribution is -2.33. The third-order valence-corrected chi connectivity index (χ3v) is 6.46. The fourth-order valence-corrected chi connectivity index (χ4v) is 4.78. The molecule has 0 radical (unpaired) electrons. The second-order valence-corrected chi connectivity index (χ2v) is 8.70. The average molecular weight is 441 g/mol. The number of aryl methyl sites for hydroxylation is 1. The molecule has 0 saturated heterocycles. The number of amides is 1. The predicted octanol–water partition coefficient (Wildman–Crippen LogP) is 3.51. The van der Waals surface area contributed by atoms with Gasteiger partial charge < -0.3 is 18.8 Å². The SMILES string of the molecule is COc1ccc(-c2nc(C[S@@](=O)CC(=O)N3CCc4ccccc43)c(C)o2)cc1OC. The zero-order valence-corrected chi connectivity index (χ0v) is 18.5. The molecule has 2 aromatic carbocycles. The monoisotopic (exact) mass is 440 g/mol. The Labute approximate surface area is 183 Å². The van der Waals surface area contributed by atoms with E-state index < -0.39 is 10.8 Å². The maximum atomic E-state index is 12.7. The summed E-state index contributed by atoms with van der Waals surface area (Å²) in [5.74, 6) is 2.14. The summed E-state index contributed by atoms with van der Waals surface area (Å²) in [5, 5.41) is 0. The number of anilines is 1. The molecule has 31 heavy (non-hydrogen) atoms. The number of fused-ring (bicyclic) bond motifs is 1. The maximum absolute atomic E-state index is 12.7. The molecule has 1 amide bonds. The van der Waals surface area contributed by atoms with Crippen LogP contribution in [0.3, 0.4) is 0 Å². The van der Waals surface area contributed by atoms with Crippen LogP contribution in [-0.2, 0) is 27.8 Å². The van der Waals surface area contributed by atoms with Crippen LogP contribution in [0, 0.1) is 6.92 Å². The van der Waals surface area contributed by atoms with E-state index in [-0.39, 0.29) is 17.4 Å². The normalized spacial score (nSPS) is 13.7. The molecule has 1 aliphatic heterocycles. The van der Waals surface area contributed by atoms with Crippen molar-refractivity contribution in [2.45, 2.75) is 19.1 Å². The van der Waals surface area contributed by atoms with Gasteiger partial charge in [-0.05, 0) is 43.2 Å². The van der Waals surface area contributed by atoms with E-state index in [1.165, 1.54) is 0 Å². The number of aromatic nitrogens is 1. The van der Waals surface area contributed by atoms with E-state index >= 15 is 0 Å². The zero-order valence-electron chi connectivity index (χ0n) is 17.7. The molecule has 8 heteroatoms. The number of methoxy groups -OCH3 is 2. The van der Waals surface area contributed by atoms with Crippen LogP contribution >= 0.6 is 0 Å². The smallest absolute Gasteiger partial charge is 0.239 e. The van der Waals surface area contributed by atoms with Crippen LogP contribution in [0.25, 0.3) is 11.5 Å². The Morgan fingerprint density at radius 2 is 1.94 bits per heavy atom. The third-order valence-electron chi connectivity index (χ3n) is 5.29. The molecule has 162 valence electrons. The van der Waals surface area contributed by atoms with Crippen LogP contribution in [0.2, 0.25) is 0 Å². The van der Waals surface area contributed by atoms with Crippen molar-refractivity contribution in [2.75, 3.05) is 31.4 Å². The van der Waals surface area contributed by atoms with Gasteiger partial charge in [-0.25, -0.2) is 4.98 Å². The van der Waals surface area contributed by atoms with Gasteiger partial charge >= 0.3 is 0 Å². The summed E-state index contributed by atoms with van der Waals surface area (Å²) in [7, 11) is 1.74. The van der Waals surface area contributed by atoms with Crippen LogP contribution in [0.5, 0.6) is 11.5 Å². The van der Waals surface area contributed by atoms with Gasteiger partial charge in [0, 0.05) is 28.6 Å². The number of rotatable bonds is 7. The summed E-state index contributed by atoms with van der Waals surface area (Å²) in [6.45, 7) is 2.41. The van der Waals surface area contributed by atoms with Gasteiger partial charge in [0.1, 0.15) is 11.5 Å². The summed E-state index contributed by atoms with van der Waals surface area (Å²) in [4.78, 5) is 18.9. The molecule has 7 nitrogen and oxygen atoms in total. The number of oxazole rings is 1. The van der Waals surface area contributed by atoms with Gasteiger partial charge in [0.2, 0.25) is 11.8 Å². The largest absolute Gasteiger partial charge is 0.493 e. The van der Waals surface area contributed by atoms with Gasteiger partial charge in [-0.2, -0.15) is 0 Å². The van der Waals surface area contributed by atoms with Gasteiger partial charge in [-0.1, -0.05) is 18.2 Å². The number of hydrogen-bond donors (Lipinski definition) is 0. The fourth-order valence-electron chi connectivity index (χ4n) is 3.67. The van der Waals surface area contributed by atoms with Crippen molar-refractivity contribution in [3.63, 3.8) is 0 Å². The number of para-hydroxylation sites is 1. The van der Waals surface area contributed by atoms with Crippen LogP contribution in [0.4, 0.5) is 5.69 Å². The minimum atomic E-state index is -1.40. The first-order chi connectivity index (χ1) is 15.0. The van der Waals surface area contributed by atoms with E-state index in [9.17, 15) is 9.00 Å². The summed E-state index contributed by atoms with van der Waals surface area (Å²) in [5.41, 5.74) is 3.37. The standard InChI is InChI=1S/C23H24N2O5S/c1-15-18(24-23(30-15)17-8-9-20(28-2)21(12-17)29-3)13-31(27)14-22(26)25-11-10-16-6-4-5-7-19(16)25/h4-9,12H,10-11,13-14H2,1-3H3/t31-/m1/s1. The van der Waals surface area contributed by atoms with Crippen LogP contribution in [0.15, 0.2) is 46.9 Å². The molecular formula is C23H24N2O5S. The number of carbonyl (C=O) groups excluding carboxylic acids is 1. The van der Waals surface area contributed by atoms with Crippen molar-refractivity contribution in [3.05, 3.63) is 59.5 Å². The lowest BCUT2D eigenvalue weighted by molar-refractivity contribution is -0.116. The van der Waals surface area contributed by atoms with Crippen LogP contribution in [0.1, 0.15) is 17.0 Å². The van der Waals surface area contributed by atoms with Crippen LogP contribution < -0.4 is 14.4 Å². The Hall–Kier alpha value is -3.13. The molecule has 0 bridgehead atoms. The quantitative estimate of drug-likeness (QED) is 0.559. The van der Waals surface area contributed by atoms with Gasteiger partial charge in [0.15, 0.2) is 11.5 Å². The third kappa shape index (κ3) is 4.34. The summed E-state index contributed by atoms with van der Waals surface area (Å²) in [6.07, 6.45) is 0.825. The van der Waals surface area contributed by atoms with Crippen molar-refractivity contribution in [3.8, 4) is 23.0 Å². The van der Waals surface area contributed by atoms with E-state index in [0.717, 1.165) is 23.2 Å². The molecule has 3 aromatic rings. The molecule has 1 atom stereocenters. The second kappa shape index (κ2) is 8.93. The molecule has 0 saturated carbocycles. The minimum absolute atomic E-state index is 0.0493. The minimum Gasteiger partial charge on any atom is -0.493 e. The number of carbonyl (C=O) groups is 1. The van der Waals surface area contributed by atoms with Crippen molar-refractivity contribution in [2.24, 2.45) is 0 Å². The highest BCUT2D eigenvalue weighted by molar-refractivity contribution is 7.84. The Kier molecular flexibility index (Phi) is 6.08. The highest BCUT2D eigenvalue weighted by Crippen LogP contribution is 2.33. The van der Waals surface area contributed by atoms with Crippen molar-refractivity contribution in [1.82, 2.24) is 4.98 Å². The number of nitrogens with zero attached hydrogens (tertiary/aromatic N) is 2. The van der Waals surface area contributed by atoms with Crippen LogP contribution in [-0.4, -0.2) is 41.6 Å².